The molecular weight excluding hydrogens is 320 g/mol. The van der Waals surface area contributed by atoms with Gasteiger partial charge in [-0.1, -0.05) is 6.07 Å². The number of likely N-dealkylation sites (tertiary alicyclic amines) is 1. The highest BCUT2D eigenvalue weighted by molar-refractivity contribution is 5.76. The van der Waals surface area contributed by atoms with Gasteiger partial charge in [0, 0.05) is 36.6 Å². The molecule has 2 aromatic rings. The Kier molecular flexibility index (Phi) is 5.42. The van der Waals surface area contributed by atoms with Crippen LogP contribution in [0.15, 0.2) is 46.1 Å². The summed E-state index contributed by atoms with van der Waals surface area (Å²) in [6.45, 7) is 0.562. The van der Waals surface area contributed by atoms with E-state index in [4.69, 9.17) is 0 Å². The number of piperidine rings is 1. The third-order valence-electron chi connectivity index (χ3n) is 4.59. The molecule has 7 heteroatoms. The van der Waals surface area contributed by atoms with E-state index in [1.807, 2.05) is 23.1 Å². The summed E-state index contributed by atoms with van der Waals surface area (Å²) in [4.78, 5) is 42.0. The first-order valence-corrected chi connectivity index (χ1v) is 8.63. The van der Waals surface area contributed by atoms with Crippen molar-refractivity contribution in [2.75, 3.05) is 6.54 Å². The van der Waals surface area contributed by atoms with Gasteiger partial charge in [0.2, 0.25) is 5.91 Å². The first-order chi connectivity index (χ1) is 12.1. The number of amides is 1. The van der Waals surface area contributed by atoms with E-state index in [0.717, 1.165) is 42.5 Å². The fraction of sp³-hybridized carbons (Fsp3) is 0.444. The fourth-order valence-electron chi connectivity index (χ4n) is 3.30. The zero-order valence-electron chi connectivity index (χ0n) is 14.1. The summed E-state index contributed by atoms with van der Waals surface area (Å²) in [6.07, 6.45) is 6.46. The smallest absolute Gasteiger partial charge is 0.265 e. The van der Waals surface area contributed by atoms with Crippen molar-refractivity contribution in [2.24, 2.45) is 0 Å². The van der Waals surface area contributed by atoms with E-state index in [9.17, 15) is 14.4 Å². The molecule has 0 radical (unpaired) electrons. The predicted octanol–water partition coefficient (Wildman–Crippen LogP) is 0.945. The molecular formula is C18H22N4O3. The van der Waals surface area contributed by atoms with Gasteiger partial charge in [-0.3, -0.25) is 24.5 Å². The molecule has 0 unspecified atom stereocenters. The number of carbonyl (C=O) groups is 1. The maximum Gasteiger partial charge on any atom is 0.265 e. The average molecular weight is 342 g/mol. The van der Waals surface area contributed by atoms with Gasteiger partial charge in [-0.2, -0.15) is 0 Å². The third kappa shape index (κ3) is 4.43. The summed E-state index contributed by atoms with van der Waals surface area (Å²) in [5.74, 6) is -0.130. The van der Waals surface area contributed by atoms with Crippen LogP contribution < -0.4 is 11.1 Å². The van der Waals surface area contributed by atoms with E-state index in [1.54, 1.807) is 6.20 Å². The van der Waals surface area contributed by atoms with Gasteiger partial charge in [0.05, 0.1) is 0 Å². The van der Waals surface area contributed by atoms with Crippen molar-refractivity contribution in [3.63, 3.8) is 0 Å². The number of rotatable bonds is 5. The van der Waals surface area contributed by atoms with Crippen LogP contribution in [-0.2, 0) is 17.8 Å². The van der Waals surface area contributed by atoms with Crippen molar-refractivity contribution >= 4 is 5.91 Å². The normalized spacial score (nSPS) is 17.4. The van der Waals surface area contributed by atoms with Gasteiger partial charge in [-0.25, -0.2) is 4.68 Å². The number of pyridine rings is 1. The lowest BCUT2D eigenvalue weighted by Gasteiger charge is -2.36. The van der Waals surface area contributed by atoms with E-state index >= 15 is 0 Å². The number of nitrogens with zero attached hydrogens (tertiary/aromatic N) is 3. The van der Waals surface area contributed by atoms with Crippen molar-refractivity contribution in [2.45, 2.75) is 44.7 Å². The minimum absolute atomic E-state index is 0.130. The minimum Gasteiger partial charge on any atom is -0.338 e. The van der Waals surface area contributed by atoms with Gasteiger partial charge < -0.3 is 4.90 Å². The highest BCUT2D eigenvalue weighted by Gasteiger charge is 2.26. The molecule has 3 rings (SSSR count). The van der Waals surface area contributed by atoms with Crippen molar-refractivity contribution in [3.8, 4) is 0 Å². The van der Waals surface area contributed by atoms with Gasteiger partial charge in [0.1, 0.15) is 6.54 Å². The monoisotopic (exact) mass is 342 g/mol. The zero-order chi connectivity index (χ0) is 17.6. The fourth-order valence-corrected chi connectivity index (χ4v) is 3.30. The highest BCUT2D eigenvalue weighted by atomic mass is 16.2. The third-order valence-corrected chi connectivity index (χ3v) is 4.59. The standard InChI is InChI=1S/C18H22N4O3/c23-16-9-10-17(24)22(20-16)13-18(25)21-12-4-2-6-15(21)8-7-14-5-1-3-11-19-14/h1,3,5,9-11,15H,2,4,6-8,12-13H2,(H,20,23)/t15-/m1/s1. The molecule has 1 saturated heterocycles. The second kappa shape index (κ2) is 7.92. The SMILES string of the molecule is O=C(Cn1[nH]c(=O)ccc1=O)N1CCCC[C@@H]1CCc1ccccn1. The molecule has 1 aliphatic heterocycles. The number of aromatic nitrogens is 3. The summed E-state index contributed by atoms with van der Waals surface area (Å²) in [7, 11) is 0. The molecule has 0 bridgehead atoms. The van der Waals surface area contributed by atoms with Crippen molar-refractivity contribution < 1.29 is 4.79 Å². The molecule has 25 heavy (non-hydrogen) atoms. The number of carbonyl (C=O) groups excluding carboxylic acids is 1. The first-order valence-electron chi connectivity index (χ1n) is 8.63. The van der Waals surface area contributed by atoms with Crippen molar-refractivity contribution in [3.05, 3.63) is 62.9 Å². The van der Waals surface area contributed by atoms with Crippen LogP contribution in [0.25, 0.3) is 0 Å². The van der Waals surface area contributed by atoms with E-state index in [-0.39, 0.29) is 24.1 Å². The van der Waals surface area contributed by atoms with Crippen LogP contribution >= 0.6 is 0 Å². The topological polar surface area (TPSA) is 88.1 Å². The van der Waals surface area contributed by atoms with Gasteiger partial charge in [-0.15, -0.1) is 0 Å². The van der Waals surface area contributed by atoms with Crippen molar-refractivity contribution in [1.29, 1.82) is 0 Å². The van der Waals surface area contributed by atoms with E-state index in [1.165, 1.54) is 12.1 Å². The van der Waals surface area contributed by atoms with E-state index in [2.05, 4.69) is 10.1 Å². The largest absolute Gasteiger partial charge is 0.338 e. The van der Waals surface area contributed by atoms with Gasteiger partial charge in [0.15, 0.2) is 0 Å². The summed E-state index contributed by atoms with van der Waals surface area (Å²) >= 11 is 0. The molecule has 1 aliphatic rings. The first kappa shape index (κ1) is 17.1. The Morgan fingerprint density at radius 3 is 2.88 bits per heavy atom. The summed E-state index contributed by atoms with van der Waals surface area (Å²) in [5.41, 5.74) is 0.247. The van der Waals surface area contributed by atoms with Crippen LogP contribution in [0.5, 0.6) is 0 Å². The van der Waals surface area contributed by atoms with Crippen molar-refractivity contribution in [1.82, 2.24) is 19.7 Å². The predicted molar refractivity (Wildman–Crippen MR) is 93.2 cm³/mol. The Labute approximate surface area is 145 Å². The number of aryl methyl sites for hydroxylation is 1. The molecule has 1 atom stereocenters. The lowest BCUT2D eigenvalue weighted by molar-refractivity contribution is -0.136. The minimum atomic E-state index is -0.391. The number of nitrogens with one attached hydrogen (secondary N) is 1. The average Bonchev–Trinajstić information content (AvgIpc) is 2.64. The maximum absolute atomic E-state index is 12.7. The quantitative estimate of drug-likeness (QED) is 0.876. The molecule has 2 aromatic heterocycles. The van der Waals surface area contributed by atoms with Gasteiger partial charge >= 0.3 is 0 Å². The number of aromatic amines is 1. The number of hydrogen-bond donors (Lipinski definition) is 1. The van der Waals surface area contributed by atoms with Crippen LogP contribution in [0, 0.1) is 0 Å². The summed E-state index contributed by atoms with van der Waals surface area (Å²) < 4.78 is 1.08. The summed E-state index contributed by atoms with van der Waals surface area (Å²) in [6, 6.07) is 8.33. The van der Waals surface area contributed by atoms with E-state index in [0.29, 0.717) is 6.54 Å². The second-order valence-corrected chi connectivity index (χ2v) is 6.33. The van der Waals surface area contributed by atoms with Crippen LogP contribution in [0.4, 0.5) is 0 Å². The molecule has 3 heterocycles. The Morgan fingerprint density at radius 2 is 2.08 bits per heavy atom. The molecule has 0 saturated carbocycles. The lowest BCUT2D eigenvalue weighted by atomic mass is 9.97. The molecule has 7 nitrogen and oxygen atoms in total. The molecule has 0 aliphatic carbocycles. The van der Waals surface area contributed by atoms with Crippen LogP contribution in [-0.4, -0.2) is 38.2 Å². The zero-order valence-corrected chi connectivity index (χ0v) is 14.1. The number of hydrogen-bond acceptors (Lipinski definition) is 4. The molecule has 1 N–H and O–H groups in total. The second-order valence-electron chi connectivity index (χ2n) is 6.33. The maximum atomic E-state index is 12.7. The van der Waals surface area contributed by atoms with Crippen LogP contribution in [0.1, 0.15) is 31.4 Å². The van der Waals surface area contributed by atoms with Crippen LogP contribution in [0.2, 0.25) is 0 Å². The molecule has 0 aromatic carbocycles. The Morgan fingerprint density at radius 1 is 1.20 bits per heavy atom. The Hall–Kier alpha value is -2.70. The molecule has 1 amide bonds. The van der Waals surface area contributed by atoms with E-state index < -0.39 is 5.56 Å². The number of H-pyrrole nitrogens is 1. The van der Waals surface area contributed by atoms with Crippen LogP contribution in [0.3, 0.4) is 0 Å². The van der Waals surface area contributed by atoms with Gasteiger partial charge in [-0.05, 0) is 44.2 Å². The highest BCUT2D eigenvalue weighted by Crippen LogP contribution is 2.21. The lowest BCUT2D eigenvalue weighted by Crippen LogP contribution is -2.47. The summed E-state index contributed by atoms with van der Waals surface area (Å²) in [5, 5.41) is 2.41. The Bertz CT molecular complexity index is 828. The molecule has 0 spiro atoms. The molecule has 132 valence electrons. The molecule has 1 fully saturated rings. The van der Waals surface area contributed by atoms with Gasteiger partial charge in [0.25, 0.3) is 11.1 Å². The Balaban J connectivity index is 1.67.